The van der Waals surface area contributed by atoms with E-state index in [1.54, 1.807) is 31.2 Å². The summed E-state index contributed by atoms with van der Waals surface area (Å²) in [5, 5.41) is 5.01. The van der Waals surface area contributed by atoms with Crippen LogP contribution in [0.2, 0.25) is 0 Å². The Bertz CT molecular complexity index is 966. The zero-order chi connectivity index (χ0) is 19.9. The maximum absolute atomic E-state index is 12.6. The summed E-state index contributed by atoms with van der Waals surface area (Å²) in [6, 6.07) is 20.4. The Morgan fingerprint density at radius 3 is 2.32 bits per heavy atom. The van der Waals surface area contributed by atoms with E-state index in [1.165, 1.54) is 0 Å². The third-order valence-electron chi connectivity index (χ3n) is 4.33. The molecule has 144 valence electrons. The fraction of sp³-hybridized carbons (Fsp3) is 0.217. The van der Waals surface area contributed by atoms with Crippen LogP contribution in [0.25, 0.3) is 10.8 Å². The van der Waals surface area contributed by atoms with Gasteiger partial charge in [-0.15, -0.1) is 0 Å². The molecule has 1 N–H and O–H groups in total. The predicted molar refractivity (Wildman–Crippen MR) is 110 cm³/mol. The minimum Gasteiger partial charge on any atom is -0.481 e. The van der Waals surface area contributed by atoms with E-state index in [0.29, 0.717) is 30.0 Å². The van der Waals surface area contributed by atoms with Crippen molar-refractivity contribution in [3.63, 3.8) is 0 Å². The van der Waals surface area contributed by atoms with Crippen LogP contribution in [-0.4, -0.2) is 24.6 Å². The summed E-state index contributed by atoms with van der Waals surface area (Å²) in [6.07, 6.45) is -0.0922. The molecule has 0 aliphatic heterocycles. The molecule has 28 heavy (non-hydrogen) atoms. The minimum atomic E-state index is -0.620. The Morgan fingerprint density at radius 2 is 1.64 bits per heavy atom. The highest BCUT2D eigenvalue weighted by atomic mass is 16.5. The molecule has 0 bridgehead atoms. The lowest BCUT2D eigenvalue weighted by molar-refractivity contribution is -0.122. The zero-order valence-corrected chi connectivity index (χ0v) is 16.0. The maximum Gasteiger partial charge on any atom is 0.338 e. The van der Waals surface area contributed by atoms with E-state index >= 15 is 0 Å². The van der Waals surface area contributed by atoms with Crippen LogP contribution >= 0.6 is 0 Å². The second-order valence-electron chi connectivity index (χ2n) is 6.31. The van der Waals surface area contributed by atoms with Gasteiger partial charge in [0.05, 0.1) is 12.2 Å². The van der Waals surface area contributed by atoms with Gasteiger partial charge in [0.25, 0.3) is 5.91 Å². The second kappa shape index (κ2) is 9.04. The summed E-state index contributed by atoms with van der Waals surface area (Å²) >= 11 is 0. The van der Waals surface area contributed by atoms with Crippen molar-refractivity contribution in [1.82, 2.24) is 0 Å². The molecule has 0 saturated carbocycles. The highest BCUT2D eigenvalue weighted by molar-refractivity contribution is 5.95. The summed E-state index contributed by atoms with van der Waals surface area (Å²) < 4.78 is 10.9. The van der Waals surface area contributed by atoms with Gasteiger partial charge in [0.2, 0.25) is 0 Å². The first-order valence-corrected chi connectivity index (χ1v) is 9.34. The number of anilines is 1. The molecule has 0 aliphatic carbocycles. The molecule has 1 atom stereocenters. The fourth-order valence-corrected chi connectivity index (χ4v) is 2.85. The number of hydrogen-bond donors (Lipinski definition) is 1. The molecule has 0 radical (unpaired) electrons. The quantitative estimate of drug-likeness (QED) is 0.600. The number of esters is 1. The van der Waals surface area contributed by atoms with Gasteiger partial charge >= 0.3 is 5.97 Å². The number of nitrogens with one attached hydrogen (secondary N) is 1. The van der Waals surface area contributed by atoms with Crippen molar-refractivity contribution in [2.75, 3.05) is 11.9 Å². The monoisotopic (exact) mass is 377 g/mol. The van der Waals surface area contributed by atoms with Crippen LogP contribution in [0.15, 0.2) is 66.7 Å². The van der Waals surface area contributed by atoms with Gasteiger partial charge < -0.3 is 14.8 Å². The summed E-state index contributed by atoms with van der Waals surface area (Å²) in [5.41, 5.74) is 1.04. The number of benzene rings is 3. The van der Waals surface area contributed by atoms with Crippen molar-refractivity contribution in [3.05, 3.63) is 72.3 Å². The summed E-state index contributed by atoms with van der Waals surface area (Å²) in [4.78, 5) is 24.3. The molecule has 0 fully saturated rings. The van der Waals surface area contributed by atoms with Crippen LogP contribution in [0.1, 0.15) is 30.6 Å². The Labute approximate surface area is 164 Å². The van der Waals surface area contributed by atoms with E-state index < -0.39 is 6.10 Å². The summed E-state index contributed by atoms with van der Waals surface area (Å²) in [6.45, 7) is 3.98. The van der Waals surface area contributed by atoms with Crippen molar-refractivity contribution in [3.8, 4) is 5.75 Å². The molecular weight excluding hydrogens is 354 g/mol. The highest BCUT2D eigenvalue weighted by Gasteiger charge is 2.19. The normalized spacial score (nSPS) is 11.6. The van der Waals surface area contributed by atoms with Gasteiger partial charge in [-0.05, 0) is 60.5 Å². The average Bonchev–Trinajstić information content (AvgIpc) is 2.72. The van der Waals surface area contributed by atoms with Gasteiger partial charge in [-0.3, -0.25) is 4.79 Å². The minimum absolute atomic E-state index is 0.237. The standard InChI is InChI=1S/C23H23NO4/c1-3-21(28-20-14-11-16-7-5-6-8-18(16)15-20)22(25)24-19-12-9-17(10-13-19)23(26)27-4-2/h5-15,21H,3-4H2,1-2H3,(H,24,25)/t21-/m1/s1. The van der Waals surface area contributed by atoms with E-state index in [2.05, 4.69) is 5.32 Å². The summed E-state index contributed by atoms with van der Waals surface area (Å²) in [5.74, 6) is 0.0318. The zero-order valence-electron chi connectivity index (χ0n) is 16.0. The lowest BCUT2D eigenvalue weighted by Gasteiger charge is -2.18. The van der Waals surface area contributed by atoms with E-state index in [0.717, 1.165) is 10.8 Å². The second-order valence-corrected chi connectivity index (χ2v) is 6.31. The van der Waals surface area contributed by atoms with Crippen LogP contribution in [0.3, 0.4) is 0 Å². The third kappa shape index (κ3) is 4.68. The Kier molecular flexibility index (Phi) is 6.27. The Balaban J connectivity index is 1.66. The van der Waals surface area contributed by atoms with Crippen molar-refractivity contribution in [2.45, 2.75) is 26.4 Å². The van der Waals surface area contributed by atoms with Crippen LogP contribution in [0, 0.1) is 0 Å². The average molecular weight is 377 g/mol. The smallest absolute Gasteiger partial charge is 0.338 e. The molecule has 0 aliphatic rings. The van der Waals surface area contributed by atoms with Crippen LogP contribution < -0.4 is 10.1 Å². The maximum atomic E-state index is 12.6. The molecule has 0 unspecified atom stereocenters. The molecule has 3 aromatic rings. The number of hydrogen-bond acceptors (Lipinski definition) is 4. The Hall–Kier alpha value is -3.34. The first-order chi connectivity index (χ1) is 13.6. The predicted octanol–water partition coefficient (Wildman–Crippen LogP) is 4.81. The van der Waals surface area contributed by atoms with Crippen LogP contribution in [0.4, 0.5) is 5.69 Å². The summed E-state index contributed by atoms with van der Waals surface area (Å²) in [7, 11) is 0. The fourth-order valence-electron chi connectivity index (χ4n) is 2.85. The molecule has 0 aromatic heterocycles. The lowest BCUT2D eigenvalue weighted by atomic mass is 10.1. The van der Waals surface area contributed by atoms with E-state index in [1.807, 2.05) is 49.4 Å². The number of carbonyl (C=O) groups excluding carboxylic acids is 2. The Morgan fingerprint density at radius 1 is 0.929 bits per heavy atom. The van der Waals surface area contributed by atoms with Gasteiger partial charge in [-0.1, -0.05) is 37.3 Å². The number of ether oxygens (including phenoxy) is 2. The van der Waals surface area contributed by atoms with Gasteiger partial charge in [0, 0.05) is 5.69 Å². The van der Waals surface area contributed by atoms with Crippen molar-refractivity contribution >= 4 is 28.3 Å². The number of fused-ring (bicyclic) bond motifs is 1. The first-order valence-electron chi connectivity index (χ1n) is 9.34. The molecule has 3 aromatic carbocycles. The van der Waals surface area contributed by atoms with Crippen molar-refractivity contribution in [2.24, 2.45) is 0 Å². The van der Waals surface area contributed by atoms with E-state index in [9.17, 15) is 9.59 Å². The van der Waals surface area contributed by atoms with Crippen LogP contribution in [0.5, 0.6) is 5.75 Å². The van der Waals surface area contributed by atoms with Gasteiger partial charge in [-0.2, -0.15) is 0 Å². The van der Waals surface area contributed by atoms with Gasteiger partial charge in [0.1, 0.15) is 5.75 Å². The van der Waals surface area contributed by atoms with Crippen molar-refractivity contribution < 1.29 is 19.1 Å². The highest BCUT2D eigenvalue weighted by Crippen LogP contribution is 2.22. The molecule has 5 nitrogen and oxygen atoms in total. The molecule has 1 amide bonds. The molecule has 0 heterocycles. The lowest BCUT2D eigenvalue weighted by Crippen LogP contribution is -2.32. The van der Waals surface area contributed by atoms with Crippen LogP contribution in [-0.2, 0) is 9.53 Å². The third-order valence-corrected chi connectivity index (χ3v) is 4.33. The van der Waals surface area contributed by atoms with E-state index in [4.69, 9.17) is 9.47 Å². The molecule has 0 saturated heterocycles. The molecule has 0 spiro atoms. The first kappa shape index (κ1) is 19.4. The van der Waals surface area contributed by atoms with Gasteiger partial charge in [-0.25, -0.2) is 4.79 Å². The van der Waals surface area contributed by atoms with Crippen molar-refractivity contribution in [1.29, 1.82) is 0 Å². The largest absolute Gasteiger partial charge is 0.481 e. The van der Waals surface area contributed by atoms with Gasteiger partial charge in [0.15, 0.2) is 6.10 Å². The molecular formula is C23H23NO4. The molecule has 3 rings (SSSR count). The SMILES string of the molecule is CCOC(=O)c1ccc(NC(=O)[C@@H](CC)Oc2ccc3ccccc3c2)cc1. The number of rotatable bonds is 7. The number of carbonyl (C=O) groups is 2. The molecule has 5 heteroatoms. The topological polar surface area (TPSA) is 64.6 Å². The van der Waals surface area contributed by atoms with E-state index in [-0.39, 0.29) is 11.9 Å². The number of amides is 1.